The van der Waals surface area contributed by atoms with Crippen molar-refractivity contribution in [2.24, 2.45) is 16.8 Å². The highest BCUT2D eigenvalue weighted by molar-refractivity contribution is 8.00. The molecule has 13 nitrogen and oxygen atoms in total. The largest absolute Gasteiger partial charge is 0.477 e. The van der Waals surface area contributed by atoms with E-state index in [9.17, 15) is 23.9 Å². The van der Waals surface area contributed by atoms with Crippen LogP contribution in [0.4, 0.5) is 9.52 Å². The topological polar surface area (TPSA) is 194 Å². The number of amidine groups is 1. The Labute approximate surface area is 290 Å². The van der Waals surface area contributed by atoms with Crippen molar-refractivity contribution in [1.82, 2.24) is 14.5 Å². The number of carboxylic acids is 1. The number of fused-ring (bicyclic) bond motifs is 2. The highest BCUT2D eigenvalue weighted by Gasteiger charge is 2.54. The summed E-state index contributed by atoms with van der Waals surface area (Å²) in [7, 11) is 1.26. The number of thioether (sulfide) groups is 1. The van der Waals surface area contributed by atoms with Gasteiger partial charge in [-0.2, -0.15) is 0 Å². The zero-order valence-corrected chi connectivity index (χ0v) is 28.1. The Kier molecular flexibility index (Phi) is 9.17. The second-order valence-electron chi connectivity index (χ2n) is 10.9. The first kappa shape index (κ1) is 33.4. The first-order valence-corrected chi connectivity index (χ1v) is 16.8. The van der Waals surface area contributed by atoms with Crippen molar-refractivity contribution in [3.63, 3.8) is 0 Å². The lowest BCUT2D eigenvalue weighted by Gasteiger charge is -2.49. The predicted molar refractivity (Wildman–Crippen MR) is 180 cm³/mol. The third kappa shape index (κ3) is 6.11. The molecule has 1 saturated heterocycles. The second-order valence-corrected chi connectivity index (χ2v) is 14.1. The molecule has 48 heavy (non-hydrogen) atoms. The van der Waals surface area contributed by atoms with E-state index in [0.717, 1.165) is 22.2 Å². The van der Waals surface area contributed by atoms with Crippen molar-refractivity contribution in [1.29, 1.82) is 5.41 Å². The van der Waals surface area contributed by atoms with Crippen LogP contribution in [0.15, 0.2) is 59.3 Å². The number of nitrogens with zero attached hydrogens (tertiary/aromatic N) is 5. The Morgan fingerprint density at radius 2 is 2.08 bits per heavy atom. The fourth-order valence-corrected chi connectivity index (χ4v) is 8.34. The molecule has 1 amide bonds. The van der Waals surface area contributed by atoms with E-state index in [1.54, 1.807) is 12.4 Å². The van der Waals surface area contributed by atoms with E-state index in [1.165, 1.54) is 35.9 Å². The second kappa shape index (κ2) is 13.2. The van der Waals surface area contributed by atoms with Gasteiger partial charge in [-0.25, -0.2) is 18.7 Å². The summed E-state index contributed by atoms with van der Waals surface area (Å²) < 4.78 is 18.6. The molecule has 1 fully saturated rings. The Hall–Kier alpha value is -4.51. The molecule has 0 saturated carbocycles. The minimum atomic E-state index is -1.25. The van der Waals surface area contributed by atoms with Gasteiger partial charge in [0, 0.05) is 46.2 Å². The summed E-state index contributed by atoms with van der Waals surface area (Å²) in [4.78, 5) is 49.1. The van der Waals surface area contributed by atoms with Crippen LogP contribution in [0.2, 0.25) is 9.36 Å². The van der Waals surface area contributed by atoms with E-state index in [-0.39, 0.29) is 68.1 Å². The number of rotatable bonds is 11. The van der Waals surface area contributed by atoms with Crippen LogP contribution in [0.3, 0.4) is 0 Å². The van der Waals surface area contributed by atoms with Gasteiger partial charge in [-0.15, -0.1) is 11.8 Å². The number of carboxylic acid groups (broad SMARTS) is 1. The number of Topliss-reactive ketones (excluding diaryl/α,β-unsaturated/α-hetero) is 1. The van der Waals surface area contributed by atoms with Crippen molar-refractivity contribution < 1.29 is 33.3 Å². The van der Waals surface area contributed by atoms with Crippen LogP contribution in [0, 0.1) is 17.1 Å². The number of carbonyl (C=O) groups is 3. The number of pyridine rings is 1. The minimum absolute atomic E-state index is 0.0583. The molecule has 1 aromatic carbocycles. The van der Waals surface area contributed by atoms with Gasteiger partial charge in [-0.3, -0.25) is 19.9 Å². The van der Waals surface area contributed by atoms with Crippen LogP contribution in [-0.4, -0.2) is 67.0 Å². The number of nitrogen functional groups attached to an aromatic ring is 2. The number of benzene rings is 1. The van der Waals surface area contributed by atoms with Crippen molar-refractivity contribution in [3.05, 3.63) is 86.1 Å². The molecule has 6 N–H and O–H groups in total. The first-order valence-electron chi connectivity index (χ1n) is 14.1. The molecule has 0 bridgehead atoms. The number of halogens is 3. The summed E-state index contributed by atoms with van der Waals surface area (Å²) in [6.07, 6.45) is 5.14. The number of oxime groups is 1. The lowest BCUT2D eigenvalue weighted by Crippen LogP contribution is -2.62. The number of nitrogens with two attached hydrogens (primary N) is 2. The third-order valence-electron chi connectivity index (χ3n) is 7.96. The molecule has 2 aliphatic heterocycles. The van der Waals surface area contributed by atoms with Crippen LogP contribution in [-0.2, 0) is 32.3 Å². The molecule has 6 rings (SSSR count). The van der Waals surface area contributed by atoms with E-state index in [4.69, 9.17) is 44.9 Å². The van der Waals surface area contributed by atoms with Crippen molar-refractivity contribution in [2.45, 2.75) is 24.9 Å². The van der Waals surface area contributed by atoms with Gasteiger partial charge in [0.15, 0.2) is 35.6 Å². The number of ketones is 1. The molecule has 2 aliphatic rings. The number of carbonyl (C=O) groups excluding carboxylic acids is 2. The van der Waals surface area contributed by atoms with Gasteiger partial charge in [-0.05, 0) is 18.2 Å². The van der Waals surface area contributed by atoms with E-state index in [2.05, 4.69) is 10.1 Å². The Morgan fingerprint density at radius 3 is 2.73 bits per heavy atom. The lowest BCUT2D eigenvalue weighted by atomic mass is 9.89. The van der Waals surface area contributed by atoms with Gasteiger partial charge < -0.3 is 26.0 Å². The van der Waals surface area contributed by atoms with Gasteiger partial charge in [0.25, 0.3) is 0 Å². The van der Waals surface area contributed by atoms with E-state index >= 15 is 0 Å². The maximum atomic E-state index is 14.8. The molecular weight excluding hydrogens is 706 g/mol. The zero-order valence-electron chi connectivity index (χ0n) is 24.9. The zero-order chi connectivity index (χ0) is 34.4. The van der Waals surface area contributed by atoms with E-state index in [1.807, 2.05) is 27.5 Å². The molecule has 4 aromatic rings. The molecule has 0 unspecified atom stereocenters. The number of β-lactam (4-membered cyclic amide) rings is 1. The van der Waals surface area contributed by atoms with Gasteiger partial charge in [0.2, 0.25) is 5.91 Å². The number of anilines is 1. The van der Waals surface area contributed by atoms with Crippen LogP contribution < -0.4 is 16.0 Å². The van der Waals surface area contributed by atoms with Crippen LogP contribution in [0.25, 0.3) is 10.9 Å². The number of amides is 1. The fraction of sp³-hybridized carbons (Fsp3) is 0.233. The number of hydrogen-bond donors (Lipinski definition) is 4. The number of nitrogens with one attached hydrogen (secondary N) is 1. The Balaban J connectivity index is 1.19. The maximum Gasteiger partial charge on any atom is 0.352 e. The maximum absolute atomic E-state index is 14.8. The minimum Gasteiger partial charge on any atom is -0.477 e. The third-order valence-corrected chi connectivity index (χ3v) is 10.8. The summed E-state index contributed by atoms with van der Waals surface area (Å²) in [5.74, 6) is -3.61. The van der Waals surface area contributed by atoms with E-state index < -0.39 is 34.8 Å². The van der Waals surface area contributed by atoms with Crippen molar-refractivity contribution in [3.8, 4) is 0 Å². The Morgan fingerprint density at radius 1 is 1.31 bits per heavy atom. The standard InChI is InChI=1S/C30H25Cl2FN8O5S2/c1-46-38-22(23-25(32)48-30(36)37-23)21(42)8-16-27(43)41-24(29(44)45)15(12-47-28(16)41)10-39-4-3-20-13(9-39)2-5-40(20)11-17-18(31)6-14(26(34)35)7-19(17)33/h2-7,9,16,28H,8,10-12H2,1H3,(H5-,34,35,36,37,44,45)/p+1/b38-22+/t16-,28-/m1/s1. The molecule has 3 aromatic heterocycles. The smallest absolute Gasteiger partial charge is 0.352 e. The summed E-state index contributed by atoms with van der Waals surface area (Å²) >= 11 is 14.8. The Bertz CT molecular complexity index is 2070. The molecule has 0 spiro atoms. The number of aliphatic carboxylic acids is 1. The molecule has 18 heteroatoms. The average Bonchev–Trinajstić information content (AvgIpc) is 3.60. The van der Waals surface area contributed by atoms with Crippen LogP contribution in [0.1, 0.15) is 23.2 Å². The molecule has 248 valence electrons. The normalized spacial score (nSPS) is 17.8. The summed E-state index contributed by atoms with van der Waals surface area (Å²) in [5, 5.41) is 22.0. The first-order chi connectivity index (χ1) is 22.9. The molecule has 5 heterocycles. The average molecular weight is 733 g/mol. The summed E-state index contributed by atoms with van der Waals surface area (Å²) in [5.41, 5.74) is 12.7. The number of hydrogen-bond acceptors (Lipinski definition) is 10. The summed E-state index contributed by atoms with van der Waals surface area (Å²) in [6.45, 7) is 0.324. The van der Waals surface area contributed by atoms with Gasteiger partial charge in [-0.1, -0.05) is 39.7 Å². The molecule has 0 radical (unpaired) electrons. The van der Waals surface area contributed by atoms with Gasteiger partial charge >= 0.3 is 5.97 Å². The van der Waals surface area contributed by atoms with Gasteiger partial charge in [0.05, 0.1) is 28.7 Å². The number of aromatic nitrogens is 3. The van der Waals surface area contributed by atoms with Crippen molar-refractivity contribution in [2.75, 3.05) is 18.6 Å². The summed E-state index contributed by atoms with van der Waals surface area (Å²) in [6, 6.07) is 6.29. The molecule has 2 atom stereocenters. The van der Waals surface area contributed by atoms with Gasteiger partial charge in [0.1, 0.15) is 34.5 Å². The molecule has 0 aliphatic carbocycles. The van der Waals surface area contributed by atoms with Crippen LogP contribution in [0.5, 0.6) is 0 Å². The predicted octanol–water partition coefficient (Wildman–Crippen LogP) is 3.63. The highest BCUT2D eigenvalue weighted by atomic mass is 35.5. The van der Waals surface area contributed by atoms with Crippen LogP contribution >= 0.6 is 46.3 Å². The van der Waals surface area contributed by atoms with Crippen molar-refractivity contribution >= 4 is 91.5 Å². The SMILES string of the molecule is CO/N=C(\C(=O)C[C@@H]1C(=O)N2C(C(=O)O)=C(C[n+]3ccc4c(ccn4Cc4c(F)cc(C(=N)N)cc4Cl)c3)CS[C@H]12)c1nc(N)sc1Cl. The quantitative estimate of drug-likeness (QED) is 0.0586. The lowest BCUT2D eigenvalue weighted by molar-refractivity contribution is -0.687. The monoisotopic (exact) mass is 731 g/mol. The number of thiazole rings is 1. The fourth-order valence-electron chi connectivity index (χ4n) is 5.74. The van der Waals surface area contributed by atoms with E-state index in [0.29, 0.717) is 11.3 Å². The highest BCUT2D eigenvalue weighted by Crippen LogP contribution is 2.45. The molecular formula is C30H26Cl2FN8O5S2+.